The lowest BCUT2D eigenvalue weighted by Gasteiger charge is -2.21. The Kier molecular flexibility index (Phi) is 6.10. The highest BCUT2D eigenvalue weighted by Gasteiger charge is 2.17. The van der Waals surface area contributed by atoms with Crippen LogP contribution in [0.2, 0.25) is 0 Å². The normalized spacial score (nSPS) is 10.4. The van der Waals surface area contributed by atoms with Crippen molar-refractivity contribution in [3.63, 3.8) is 0 Å². The van der Waals surface area contributed by atoms with E-state index in [1.54, 1.807) is 12.0 Å². The Hall–Kier alpha value is -3.28. The molecule has 1 heterocycles. The van der Waals surface area contributed by atoms with E-state index in [-0.39, 0.29) is 6.03 Å². The highest BCUT2D eigenvalue weighted by atomic mass is 16.5. The van der Waals surface area contributed by atoms with Gasteiger partial charge in [0.15, 0.2) is 5.76 Å². The smallest absolute Gasteiger partial charge is 0.318 e. The van der Waals surface area contributed by atoms with E-state index in [2.05, 4.69) is 10.5 Å². The number of aromatic nitrogens is 1. The number of urea groups is 1. The molecule has 0 fully saturated rings. The lowest BCUT2D eigenvalue weighted by atomic mass is 10.1. The van der Waals surface area contributed by atoms with Crippen LogP contribution in [0.3, 0.4) is 0 Å². The summed E-state index contributed by atoms with van der Waals surface area (Å²) < 4.78 is 10.6. The fourth-order valence-electron chi connectivity index (χ4n) is 2.74. The third-order valence-corrected chi connectivity index (χ3v) is 4.12. The minimum Gasteiger partial charge on any atom is -0.497 e. The summed E-state index contributed by atoms with van der Waals surface area (Å²) in [5, 5.41) is 6.98. The maximum absolute atomic E-state index is 12.4. The number of benzene rings is 2. The summed E-state index contributed by atoms with van der Waals surface area (Å²) in [5.74, 6) is 1.44. The average molecular weight is 365 g/mol. The summed E-state index contributed by atoms with van der Waals surface area (Å²) in [7, 11) is 1.63. The molecule has 6 heteroatoms. The summed E-state index contributed by atoms with van der Waals surface area (Å²) in [5.41, 5.74) is 2.66. The van der Waals surface area contributed by atoms with Crippen LogP contribution in [0, 0.1) is 0 Å². The van der Waals surface area contributed by atoms with Gasteiger partial charge in [-0.1, -0.05) is 35.5 Å². The number of methoxy groups -OCH3 is 1. The maximum Gasteiger partial charge on any atom is 0.318 e. The first-order chi connectivity index (χ1) is 13.2. The monoisotopic (exact) mass is 365 g/mol. The van der Waals surface area contributed by atoms with Crippen molar-refractivity contribution < 1.29 is 14.1 Å². The maximum atomic E-state index is 12.4. The molecule has 3 aromatic rings. The van der Waals surface area contributed by atoms with Crippen LogP contribution in [0.25, 0.3) is 11.3 Å². The Labute approximate surface area is 158 Å². The Bertz CT molecular complexity index is 860. The zero-order chi connectivity index (χ0) is 19.1. The van der Waals surface area contributed by atoms with Crippen molar-refractivity contribution in [2.45, 2.75) is 20.0 Å². The van der Waals surface area contributed by atoms with Crippen molar-refractivity contribution in [3.8, 4) is 17.1 Å². The molecular formula is C21H23N3O3. The van der Waals surface area contributed by atoms with Crippen LogP contribution in [0.5, 0.6) is 5.75 Å². The Morgan fingerprint density at radius 3 is 2.52 bits per heavy atom. The van der Waals surface area contributed by atoms with Crippen LogP contribution in [0.15, 0.2) is 65.2 Å². The predicted molar refractivity (Wildman–Crippen MR) is 103 cm³/mol. The van der Waals surface area contributed by atoms with Crippen molar-refractivity contribution in [3.05, 3.63) is 71.9 Å². The number of hydrogen-bond acceptors (Lipinski definition) is 4. The fraction of sp³-hybridized carbons (Fsp3) is 0.238. The van der Waals surface area contributed by atoms with Crippen LogP contribution in [-0.4, -0.2) is 29.7 Å². The van der Waals surface area contributed by atoms with Gasteiger partial charge in [-0.25, -0.2) is 4.79 Å². The molecular weight excluding hydrogens is 342 g/mol. The summed E-state index contributed by atoms with van der Waals surface area (Å²) in [6.45, 7) is 3.33. The molecule has 1 N–H and O–H groups in total. The SMILES string of the molecule is CCNC(=O)N(Cc1ccccc1)Cc1cc(-c2ccc(OC)cc2)on1. The minimum atomic E-state index is -0.129. The summed E-state index contributed by atoms with van der Waals surface area (Å²) >= 11 is 0. The van der Waals surface area contributed by atoms with Gasteiger partial charge in [0.05, 0.1) is 13.7 Å². The van der Waals surface area contributed by atoms with Gasteiger partial charge in [0.25, 0.3) is 0 Å². The second-order valence-electron chi connectivity index (χ2n) is 6.09. The summed E-state index contributed by atoms with van der Waals surface area (Å²) in [4.78, 5) is 14.2. The average Bonchev–Trinajstić information content (AvgIpc) is 3.17. The van der Waals surface area contributed by atoms with Crippen LogP contribution in [0.4, 0.5) is 4.79 Å². The van der Waals surface area contributed by atoms with Gasteiger partial charge in [-0.15, -0.1) is 0 Å². The van der Waals surface area contributed by atoms with Gasteiger partial charge < -0.3 is 19.5 Å². The number of amides is 2. The molecule has 0 saturated carbocycles. The fourth-order valence-corrected chi connectivity index (χ4v) is 2.74. The lowest BCUT2D eigenvalue weighted by molar-refractivity contribution is 0.191. The summed E-state index contributed by atoms with van der Waals surface area (Å²) in [6, 6.07) is 19.2. The summed E-state index contributed by atoms with van der Waals surface area (Å²) in [6.07, 6.45) is 0. The van der Waals surface area contributed by atoms with Gasteiger partial charge >= 0.3 is 6.03 Å². The third kappa shape index (κ3) is 4.88. The van der Waals surface area contributed by atoms with E-state index in [9.17, 15) is 4.79 Å². The molecule has 0 unspecified atom stereocenters. The number of nitrogens with zero attached hydrogens (tertiary/aromatic N) is 2. The molecule has 0 aliphatic rings. The largest absolute Gasteiger partial charge is 0.497 e. The zero-order valence-electron chi connectivity index (χ0n) is 15.5. The lowest BCUT2D eigenvalue weighted by Crippen LogP contribution is -2.39. The van der Waals surface area contributed by atoms with Crippen molar-refractivity contribution in [1.82, 2.24) is 15.4 Å². The Morgan fingerprint density at radius 1 is 1.11 bits per heavy atom. The van der Waals surface area contributed by atoms with Crippen molar-refractivity contribution in [1.29, 1.82) is 0 Å². The number of carbonyl (C=O) groups is 1. The molecule has 0 atom stereocenters. The van der Waals surface area contributed by atoms with Gasteiger partial charge in [0.2, 0.25) is 0 Å². The molecule has 27 heavy (non-hydrogen) atoms. The van der Waals surface area contributed by atoms with Crippen molar-refractivity contribution in [2.24, 2.45) is 0 Å². The van der Waals surface area contributed by atoms with Gasteiger partial charge in [-0.05, 0) is 36.8 Å². The van der Waals surface area contributed by atoms with E-state index >= 15 is 0 Å². The number of rotatable bonds is 7. The van der Waals surface area contributed by atoms with E-state index < -0.39 is 0 Å². The Balaban J connectivity index is 1.75. The van der Waals surface area contributed by atoms with Gasteiger partial charge in [-0.3, -0.25) is 0 Å². The number of hydrogen-bond donors (Lipinski definition) is 1. The quantitative estimate of drug-likeness (QED) is 0.685. The molecule has 0 aliphatic carbocycles. The first kappa shape index (κ1) is 18.5. The topological polar surface area (TPSA) is 67.6 Å². The Morgan fingerprint density at radius 2 is 1.85 bits per heavy atom. The van der Waals surface area contributed by atoms with E-state index in [0.717, 1.165) is 16.9 Å². The van der Waals surface area contributed by atoms with Crippen molar-refractivity contribution >= 4 is 6.03 Å². The van der Waals surface area contributed by atoms with E-state index in [1.165, 1.54) is 0 Å². The molecule has 0 radical (unpaired) electrons. The molecule has 6 nitrogen and oxygen atoms in total. The highest BCUT2D eigenvalue weighted by Crippen LogP contribution is 2.23. The molecule has 2 aromatic carbocycles. The van der Waals surface area contributed by atoms with E-state index in [1.807, 2.05) is 67.6 Å². The van der Waals surface area contributed by atoms with Gasteiger partial charge in [0, 0.05) is 24.7 Å². The number of ether oxygens (including phenoxy) is 1. The molecule has 0 bridgehead atoms. The second-order valence-corrected chi connectivity index (χ2v) is 6.09. The van der Waals surface area contributed by atoms with Crippen LogP contribution in [-0.2, 0) is 13.1 Å². The second kappa shape index (κ2) is 8.89. The molecule has 1 aromatic heterocycles. The molecule has 0 aliphatic heterocycles. The van der Waals surface area contributed by atoms with Crippen LogP contribution >= 0.6 is 0 Å². The predicted octanol–water partition coefficient (Wildman–Crippen LogP) is 4.08. The van der Waals surface area contributed by atoms with E-state index in [0.29, 0.717) is 31.1 Å². The molecule has 3 rings (SSSR count). The van der Waals surface area contributed by atoms with Gasteiger partial charge in [-0.2, -0.15) is 0 Å². The van der Waals surface area contributed by atoms with Gasteiger partial charge in [0.1, 0.15) is 11.4 Å². The number of nitrogens with one attached hydrogen (secondary N) is 1. The molecule has 0 saturated heterocycles. The zero-order valence-corrected chi connectivity index (χ0v) is 15.5. The first-order valence-corrected chi connectivity index (χ1v) is 8.86. The number of carbonyl (C=O) groups excluding carboxylic acids is 1. The first-order valence-electron chi connectivity index (χ1n) is 8.86. The minimum absolute atomic E-state index is 0.129. The molecule has 0 spiro atoms. The van der Waals surface area contributed by atoms with Crippen molar-refractivity contribution in [2.75, 3.05) is 13.7 Å². The molecule has 140 valence electrons. The van der Waals surface area contributed by atoms with E-state index in [4.69, 9.17) is 9.26 Å². The molecule has 2 amide bonds. The van der Waals surface area contributed by atoms with Crippen LogP contribution in [0.1, 0.15) is 18.2 Å². The highest BCUT2D eigenvalue weighted by molar-refractivity contribution is 5.74. The third-order valence-electron chi connectivity index (χ3n) is 4.12. The standard InChI is InChI=1S/C21H23N3O3/c1-3-22-21(25)24(14-16-7-5-4-6-8-16)15-18-13-20(27-23-18)17-9-11-19(26-2)12-10-17/h4-13H,3,14-15H2,1-2H3,(H,22,25). The van der Waals surface area contributed by atoms with Crippen LogP contribution < -0.4 is 10.1 Å².